The Morgan fingerprint density at radius 2 is 1.85 bits per heavy atom. The number of carbonyl (C=O) groups is 2. The van der Waals surface area contributed by atoms with Gasteiger partial charge in [0.1, 0.15) is 5.65 Å². The van der Waals surface area contributed by atoms with Crippen LogP contribution in [0.25, 0.3) is 11.0 Å². The highest BCUT2D eigenvalue weighted by Gasteiger charge is 2.14. The topological polar surface area (TPSA) is 126 Å². The van der Waals surface area contributed by atoms with Crippen molar-refractivity contribution in [3.63, 3.8) is 0 Å². The largest absolute Gasteiger partial charge is 0.329 e. The number of carbonyl (C=O) groups excluding carboxylic acids is 2. The Morgan fingerprint density at radius 3 is 2.58 bits per heavy atom. The lowest BCUT2D eigenvalue weighted by Crippen LogP contribution is -2.41. The molecule has 0 unspecified atom stereocenters. The second kappa shape index (κ2) is 6.81. The van der Waals surface area contributed by atoms with Crippen LogP contribution in [0.2, 0.25) is 5.02 Å². The van der Waals surface area contributed by atoms with E-state index < -0.39 is 23.1 Å². The molecular formula is C16H12ClN5O4. The summed E-state index contributed by atoms with van der Waals surface area (Å²) in [5.41, 5.74) is 3.53. The molecule has 0 atom stereocenters. The van der Waals surface area contributed by atoms with Crippen molar-refractivity contribution in [3.05, 3.63) is 73.5 Å². The number of halogens is 1. The lowest BCUT2D eigenvalue weighted by atomic mass is 10.2. The van der Waals surface area contributed by atoms with Gasteiger partial charge in [0.05, 0.1) is 21.5 Å². The molecule has 0 aliphatic carbocycles. The highest BCUT2D eigenvalue weighted by atomic mass is 35.5. The number of benzene rings is 1. The van der Waals surface area contributed by atoms with E-state index >= 15 is 0 Å². The third kappa shape index (κ3) is 3.20. The zero-order chi connectivity index (χ0) is 18.8. The SMILES string of the molecule is Cn1c(=O)[nH]c(=O)c2cc(C(=O)NNC(=O)c3ccccc3Cl)cnc21. The van der Waals surface area contributed by atoms with Crippen molar-refractivity contribution in [3.8, 4) is 0 Å². The van der Waals surface area contributed by atoms with Crippen LogP contribution in [0.1, 0.15) is 20.7 Å². The Bertz CT molecular complexity index is 1150. The van der Waals surface area contributed by atoms with E-state index in [-0.39, 0.29) is 27.2 Å². The average Bonchev–Trinajstić information content (AvgIpc) is 2.64. The van der Waals surface area contributed by atoms with Gasteiger partial charge >= 0.3 is 5.69 Å². The predicted molar refractivity (Wildman–Crippen MR) is 94.0 cm³/mol. The van der Waals surface area contributed by atoms with E-state index in [1.54, 1.807) is 18.2 Å². The van der Waals surface area contributed by atoms with E-state index in [0.717, 1.165) is 4.57 Å². The van der Waals surface area contributed by atoms with Gasteiger partial charge in [0.15, 0.2) is 0 Å². The van der Waals surface area contributed by atoms with Crippen LogP contribution in [0.15, 0.2) is 46.1 Å². The quantitative estimate of drug-likeness (QED) is 0.559. The summed E-state index contributed by atoms with van der Waals surface area (Å²) < 4.78 is 1.15. The molecule has 0 saturated carbocycles. The molecule has 26 heavy (non-hydrogen) atoms. The number of hydrogen-bond donors (Lipinski definition) is 3. The van der Waals surface area contributed by atoms with Gasteiger partial charge in [-0.3, -0.25) is 34.8 Å². The molecule has 3 rings (SSSR count). The fourth-order valence-corrected chi connectivity index (χ4v) is 2.48. The zero-order valence-electron chi connectivity index (χ0n) is 13.4. The summed E-state index contributed by atoms with van der Waals surface area (Å²) in [6.07, 6.45) is 1.19. The van der Waals surface area contributed by atoms with Crippen LogP contribution in [0.4, 0.5) is 0 Å². The number of fused-ring (bicyclic) bond motifs is 1. The molecule has 2 heterocycles. The maximum atomic E-state index is 12.2. The lowest BCUT2D eigenvalue weighted by molar-refractivity contribution is 0.0846. The van der Waals surface area contributed by atoms with E-state index in [1.165, 1.54) is 25.4 Å². The molecule has 2 aromatic heterocycles. The Hall–Kier alpha value is -3.46. The summed E-state index contributed by atoms with van der Waals surface area (Å²) in [7, 11) is 1.44. The van der Waals surface area contributed by atoms with Crippen molar-refractivity contribution < 1.29 is 9.59 Å². The number of nitrogens with one attached hydrogen (secondary N) is 3. The number of nitrogens with zero attached hydrogens (tertiary/aromatic N) is 2. The molecule has 0 aliphatic heterocycles. The number of aromatic nitrogens is 3. The van der Waals surface area contributed by atoms with Crippen molar-refractivity contribution in [1.29, 1.82) is 0 Å². The first-order chi connectivity index (χ1) is 12.4. The number of amides is 2. The fraction of sp³-hybridized carbons (Fsp3) is 0.0625. The third-order valence-corrected chi connectivity index (χ3v) is 3.95. The van der Waals surface area contributed by atoms with Crippen LogP contribution >= 0.6 is 11.6 Å². The van der Waals surface area contributed by atoms with Crippen LogP contribution in [0.5, 0.6) is 0 Å². The van der Waals surface area contributed by atoms with Crippen molar-refractivity contribution in [2.45, 2.75) is 0 Å². The summed E-state index contributed by atoms with van der Waals surface area (Å²) in [5.74, 6) is -1.29. The van der Waals surface area contributed by atoms with Crippen molar-refractivity contribution in [2.24, 2.45) is 7.05 Å². The van der Waals surface area contributed by atoms with Crippen LogP contribution < -0.4 is 22.1 Å². The van der Waals surface area contributed by atoms with Gasteiger partial charge in [-0.25, -0.2) is 9.78 Å². The highest BCUT2D eigenvalue weighted by molar-refractivity contribution is 6.33. The van der Waals surface area contributed by atoms with Crippen LogP contribution in [0.3, 0.4) is 0 Å². The summed E-state index contributed by atoms with van der Waals surface area (Å²) in [5, 5.41) is 0.302. The summed E-state index contributed by atoms with van der Waals surface area (Å²) in [4.78, 5) is 53.7. The molecule has 0 bridgehead atoms. The highest BCUT2D eigenvalue weighted by Crippen LogP contribution is 2.14. The van der Waals surface area contributed by atoms with Gasteiger partial charge in [-0.2, -0.15) is 0 Å². The van der Waals surface area contributed by atoms with Gasteiger partial charge in [-0.15, -0.1) is 0 Å². The van der Waals surface area contributed by atoms with E-state index in [9.17, 15) is 19.2 Å². The average molecular weight is 374 g/mol. The van der Waals surface area contributed by atoms with Crippen LogP contribution in [-0.2, 0) is 7.05 Å². The smallest absolute Gasteiger partial charge is 0.281 e. The van der Waals surface area contributed by atoms with Crippen LogP contribution in [0, 0.1) is 0 Å². The molecule has 0 fully saturated rings. The molecule has 0 spiro atoms. The Morgan fingerprint density at radius 1 is 1.15 bits per heavy atom. The Kier molecular flexibility index (Phi) is 4.55. The van der Waals surface area contributed by atoms with Gasteiger partial charge in [0.25, 0.3) is 17.4 Å². The van der Waals surface area contributed by atoms with Gasteiger partial charge in [-0.1, -0.05) is 23.7 Å². The molecule has 0 radical (unpaired) electrons. The van der Waals surface area contributed by atoms with Gasteiger partial charge in [0, 0.05) is 13.2 Å². The second-order valence-corrected chi connectivity index (χ2v) is 5.71. The maximum absolute atomic E-state index is 12.2. The van der Waals surface area contributed by atoms with Crippen molar-refractivity contribution in [1.82, 2.24) is 25.4 Å². The number of hydrogen-bond acceptors (Lipinski definition) is 5. The van der Waals surface area contributed by atoms with E-state index in [4.69, 9.17) is 11.6 Å². The first-order valence-electron chi connectivity index (χ1n) is 7.33. The maximum Gasteiger partial charge on any atom is 0.329 e. The molecule has 3 N–H and O–H groups in total. The normalized spacial score (nSPS) is 10.5. The standard InChI is InChI=1S/C16H12ClN5O4/c1-22-12-10(14(24)19-16(22)26)6-8(7-18-12)13(23)20-21-15(25)9-4-2-3-5-11(9)17/h2-7H,1H3,(H,20,23)(H,21,25)(H,19,24,26). The minimum Gasteiger partial charge on any atom is -0.281 e. The van der Waals surface area contributed by atoms with Crippen molar-refractivity contribution >= 4 is 34.4 Å². The second-order valence-electron chi connectivity index (χ2n) is 5.30. The van der Waals surface area contributed by atoms with E-state index in [0.29, 0.717) is 0 Å². The Balaban J connectivity index is 1.82. The number of aryl methyl sites for hydroxylation is 1. The molecule has 132 valence electrons. The van der Waals surface area contributed by atoms with Gasteiger partial charge in [0.2, 0.25) is 0 Å². The van der Waals surface area contributed by atoms with E-state index in [1.807, 2.05) is 0 Å². The fourth-order valence-electron chi connectivity index (χ4n) is 2.26. The lowest BCUT2D eigenvalue weighted by Gasteiger charge is -2.09. The summed E-state index contributed by atoms with van der Waals surface area (Å²) >= 11 is 5.91. The monoisotopic (exact) mass is 373 g/mol. The first-order valence-corrected chi connectivity index (χ1v) is 7.70. The summed E-state index contributed by atoms with van der Waals surface area (Å²) in [6, 6.07) is 7.62. The molecule has 9 nitrogen and oxygen atoms in total. The number of aromatic amines is 1. The molecule has 1 aromatic carbocycles. The van der Waals surface area contributed by atoms with Gasteiger partial charge < -0.3 is 0 Å². The van der Waals surface area contributed by atoms with Gasteiger partial charge in [-0.05, 0) is 18.2 Å². The first kappa shape index (κ1) is 17.4. The molecule has 10 heteroatoms. The zero-order valence-corrected chi connectivity index (χ0v) is 14.1. The van der Waals surface area contributed by atoms with E-state index in [2.05, 4.69) is 20.8 Å². The van der Waals surface area contributed by atoms with Crippen molar-refractivity contribution in [2.75, 3.05) is 0 Å². The Labute approximate surface area is 150 Å². The number of pyridine rings is 1. The molecule has 3 aromatic rings. The van der Waals surface area contributed by atoms with Crippen LogP contribution in [-0.4, -0.2) is 26.3 Å². The molecule has 0 saturated heterocycles. The number of hydrazine groups is 1. The summed E-state index contributed by atoms with van der Waals surface area (Å²) in [6.45, 7) is 0. The minimum absolute atomic E-state index is 0.0288. The molecular weight excluding hydrogens is 362 g/mol. The predicted octanol–water partition coefficient (Wildman–Crippen LogP) is 0.350. The number of H-pyrrole nitrogens is 1. The molecule has 2 amide bonds. The third-order valence-electron chi connectivity index (χ3n) is 3.62. The number of rotatable bonds is 2. The minimum atomic E-state index is -0.687. The molecule has 0 aliphatic rings.